The van der Waals surface area contributed by atoms with Crippen LogP contribution >= 0.6 is 23.1 Å². The standard InChI is InChI=1S/C19H19FN4O2S2/c1-12-19(28-13(2)22-12)16-7-8-18(26)24(23-16)10-9-21-17(25)11-27-15-5-3-14(20)4-6-15/h3-8H,9-11H2,1-2H3,(H,21,25). The average molecular weight is 419 g/mol. The van der Waals surface area contributed by atoms with Crippen molar-refractivity contribution in [2.45, 2.75) is 25.3 Å². The second kappa shape index (κ2) is 9.11. The molecular weight excluding hydrogens is 399 g/mol. The molecule has 0 aliphatic rings. The topological polar surface area (TPSA) is 76.9 Å². The van der Waals surface area contributed by atoms with Gasteiger partial charge in [-0.25, -0.2) is 14.1 Å². The van der Waals surface area contributed by atoms with E-state index in [4.69, 9.17) is 0 Å². The van der Waals surface area contributed by atoms with Crippen LogP contribution in [0.5, 0.6) is 0 Å². The van der Waals surface area contributed by atoms with Crippen molar-refractivity contribution >= 4 is 29.0 Å². The lowest BCUT2D eigenvalue weighted by atomic mass is 10.3. The third-order valence-electron chi connectivity index (χ3n) is 3.83. The predicted octanol–water partition coefficient (Wildman–Crippen LogP) is 3.03. The quantitative estimate of drug-likeness (QED) is 0.597. The number of nitrogens with one attached hydrogen (secondary N) is 1. The van der Waals surface area contributed by atoms with Crippen molar-refractivity contribution in [2.24, 2.45) is 0 Å². The molecule has 2 aromatic heterocycles. The summed E-state index contributed by atoms with van der Waals surface area (Å²) in [5, 5.41) is 8.11. The first-order chi connectivity index (χ1) is 13.4. The number of nitrogens with zero attached hydrogens (tertiary/aromatic N) is 3. The van der Waals surface area contributed by atoms with Crippen LogP contribution in [0.3, 0.4) is 0 Å². The van der Waals surface area contributed by atoms with Gasteiger partial charge < -0.3 is 5.32 Å². The van der Waals surface area contributed by atoms with E-state index in [1.807, 2.05) is 13.8 Å². The molecule has 0 spiro atoms. The molecule has 9 heteroatoms. The second-order valence-electron chi connectivity index (χ2n) is 6.02. The van der Waals surface area contributed by atoms with Gasteiger partial charge in [0.15, 0.2) is 0 Å². The fraction of sp³-hybridized carbons (Fsp3) is 0.263. The molecule has 146 valence electrons. The van der Waals surface area contributed by atoms with Crippen LogP contribution in [0.15, 0.2) is 46.1 Å². The van der Waals surface area contributed by atoms with Gasteiger partial charge in [0.2, 0.25) is 5.91 Å². The van der Waals surface area contributed by atoms with Crippen molar-refractivity contribution in [1.29, 1.82) is 0 Å². The number of hydrogen-bond donors (Lipinski definition) is 1. The predicted molar refractivity (Wildman–Crippen MR) is 109 cm³/mol. The van der Waals surface area contributed by atoms with Gasteiger partial charge in [0, 0.05) is 17.5 Å². The minimum atomic E-state index is -0.308. The molecule has 0 bridgehead atoms. The molecule has 0 aliphatic carbocycles. The van der Waals surface area contributed by atoms with E-state index in [1.54, 1.807) is 18.2 Å². The van der Waals surface area contributed by atoms with Crippen LogP contribution < -0.4 is 10.9 Å². The number of carbonyl (C=O) groups is 1. The van der Waals surface area contributed by atoms with Crippen LogP contribution in [0.25, 0.3) is 10.6 Å². The molecule has 0 fully saturated rings. The minimum Gasteiger partial charge on any atom is -0.354 e. The van der Waals surface area contributed by atoms with Crippen LogP contribution in [0.4, 0.5) is 4.39 Å². The summed E-state index contributed by atoms with van der Waals surface area (Å²) in [7, 11) is 0. The number of thioether (sulfide) groups is 1. The summed E-state index contributed by atoms with van der Waals surface area (Å²) in [4.78, 5) is 30.2. The van der Waals surface area contributed by atoms with Gasteiger partial charge in [-0.05, 0) is 44.2 Å². The monoisotopic (exact) mass is 418 g/mol. The number of aryl methyl sites for hydroxylation is 2. The normalized spacial score (nSPS) is 10.8. The van der Waals surface area contributed by atoms with Crippen LogP contribution in [0.2, 0.25) is 0 Å². The summed E-state index contributed by atoms with van der Waals surface area (Å²) >= 11 is 2.85. The van der Waals surface area contributed by atoms with E-state index < -0.39 is 0 Å². The highest BCUT2D eigenvalue weighted by Gasteiger charge is 2.11. The van der Waals surface area contributed by atoms with E-state index in [-0.39, 0.29) is 29.6 Å². The number of thiazole rings is 1. The molecule has 0 saturated heterocycles. The fourth-order valence-corrected chi connectivity index (χ4v) is 4.14. The van der Waals surface area contributed by atoms with Gasteiger partial charge in [0.25, 0.3) is 5.56 Å². The van der Waals surface area contributed by atoms with Gasteiger partial charge in [-0.3, -0.25) is 9.59 Å². The third-order valence-corrected chi connectivity index (χ3v) is 5.94. The Morgan fingerprint density at radius 1 is 1.21 bits per heavy atom. The highest BCUT2D eigenvalue weighted by molar-refractivity contribution is 8.00. The first-order valence-corrected chi connectivity index (χ1v) is 10.4. The Labute approximate surface area is 169 Å². The van der Waals surface area contributed by atoms with Crippen molar-refractivity contribution in [3.63, 3.8) is 0 Å². The summed E-state index contributed by atoms with van der Waals surface area (Å²) < 4.78 is 14.2. The molecule has 0 atom stereocenters. The zero-order valence-corrected chi connectivity index (χ0v) is 17.1. The Bertz CT molecular complexity index is 1030. The molecule has 0 saturated carbocycles. The highest BCUT2D eigenvalue weighted by atomic mass is 32.2. The number of rotatable bonds is 7. The van der Waals surface area contributed by atoms with E-state index in [2.05, 4.69) is 15.4 Å². The molecule has 0 radical (unpaired) electrons. The summed E-state index contributed by atoms with van der Waals surface area (Å²) in [6.45, 7) is 4.40. The van der Waals surface area contributed by atoms with Crippen molar-refractivity contribution in [3.8, 4) is 10.6 Å². The summed E-state index contributed by atoms with van der Waals surface area (Å²) in [6.07, 6.45) is 0. The van der Waals surface area contributed by atoms with Crippen molar-refractivity contribution in [3.05, 3.63) is 63.3 Å². The van der Waals surface area contributed by atoms with E-state index in [0.717, 1.165) is 20.5 Å². The maximum Gasteiger partial charge on any atom is 0.266 e. The first-order valence-electron chi connectivity index (χ1n) is 8.60. The zero-order valence-electron chi connectivity index (χ0n) is 15.4. The van der Waals surface area contributed by atoms with Gasteiger partial charge in [0.05, 0.1) is 27.9 Å². The maximum atomic E-state index is 12.9. The van der Waals surface area contributed by atoms with Crippen LogP contribution in [0.1, 0.15) is 10.7 Å². The van der Waals surface area contributed by atoms with Crippen LogP contribution in [-0.4, -0.2) is 33.0 Å². The van der Waals surface area contributed by atoms with E-state index in [9.17, 15) is 14.0 Å². The summed E-state index contributed by atoms with van der Waals surface area (Å²) in [5.41, 5.74) is 1.35. The molecule has 1 aromatic carbocycles. The molecule has 1 amide bonds. The first kappa shape index (κ1) is 20.2. The number of carbonyl (C=O) groups excluding carboxylic acids is 1. The fourth-order valence-electron chi connectivity index (χ4n) is 2.53. The van der Waals surface area contributed by atoms with Crippen LogP contribution in [0, 0.1) is 19.7 Å². The Morgan fingerprint density at radius 2 is 1.96 bits per heavy atom. The lowest BCUT2D eigenvalue weighted by Gasteiger charge is -2.08. The Balaban J connectivity index is 1.54. The van der Waals surface area contributed by atoms with E-state index in [1.165, 1.54) is 46.0 Å². The SMILES string of the molecule is Cc1nc(C)c(-c2ccc(=O)n(CCNC(=O)CSc3ccc(F)cc3)n2)s1. The second-order valence-corrected chi connectivity index (χ2v) is 8.27. The molecule has 1 N–H and O–H groups in total. The molecule has 28 heavy (non-hydrogen) atoms. The number of halogens is 1. The van der Waals surface area contributed by atoms with E-state index >= 15 is 0 Å². The van der Waals surface area contributed by atoms with Crippen molar-refractivity contribution < 1.29 is 9.18 Å². The molecule has 0 unspecified atom stereocenters. The minimum absolute atomic E-state index is 0.160. The Kier molecular flexibility index (Phi) is 6.58. The number of hydrogen-bond acceptors (Lipinski definition) is 6. The number of benzene rings is 1. The maximum absolute atomic E-state index is 12.9. The van der Waals surface area contributed by atoms with E-state index in [0.29, 0.717) is 12.2 Å². The molecular formula is C19H19FN4O2S2. The average Bonchev–Trinajstić information content (AvgIpc) is 3.01. The number of aromatic nitrogens is 3. The zero-order chi connectivity index (χ0) is 20.1. The Morgan fingerprint density at radius 3 is 2.64 bits per heavy atom. The molecule has 3 rings (SSSR count). The largest absolute Gasteiger partial charge is 0.354 e. The molecule has 0 aliphatic heterocycles. The van der Waals surface area contributed by atoms with Crippen molar-refractivity contribution in [1.82, 2.24) is 20.1 Å². The Hall–Kier alpha value is -2.52. The third kappa shape index (κ3) is 5.26. The van der Waals surface area contributed by atoms with Gasteiger partial charge in [-0.15, -0.1) is 23.1 Å². The number of amides is 1. The van der Waals surface area contributed by atoms with Crippen molar-refractivity contribution in [2.75, 3.05) is 12.3 Å². The van der Waals surface area contributed by atoms with Gasteiger partial charge in [-0.1, -0.05) is 0 Å². The van der Waals surface area contributed by atoms with Gasteiger partial charge in [0.1, 0.15) is 11.5 Å². The van der Waals surface area contributed by atoms with Gasteiger partial charge >= 0.3 is 0 Å². The summed E-state index contributed by atoms with van der Waals surface area (Å²) in [6, 6.07) is 9.14. The lowest BCUT2D eigenvalue weighted by Crippen LogP contribution is -2.32. The van der Waals surface area contributed by atoms with Crippen LogP contribution in [-0.2, 0) is 11.3 Å². The molecule has 3 aromatic rings. The summed E-state index contributed by atoms with van der Waals surface area (Å²) in [5.74, 6) is -0.252. The highest BCUT2D eigenvalue weighted by Crippen LogP contribution is 2.27. The lowest BCUT2D eigenvalue weighted by molar-refractivity contribution is -0.118. The smallest absolute Gasteiger partial charge is 0.266 e. The van der Waals surface area contributed by atoms with Gasteiger partial charge in [-0.2, -0.15) is 5.10 Å². The molecule has 6 nitrogen and oxygen atoms in total. The molecule has 2 heterocycles.